The van der Waals surface area contributed by atoms with E-state index >= 15 is 0 Å². The molecule has 0 fully saturated rings. The van der Waals surface area contributed by atoms with Crippen LogP contribution in [0.15, 0.2) is 41.3 Å². The molecule has 0 aliphatic heterocycles. The van der Waals surface area contributed by atoms with Gasteiger partial charge in [0, 0.05) is 0 Å². The maximum atomic E-state index is 12.5. The second-order valence-corrected chi connectivity index (χ2v) is 6.44. The number of nitriles is 1. The van der Waals surface area contributed by atoms with E-state index in [1.54, 1.807) is 37.3 Å². The van der Waals surface area contributed by atoms with Gasteiger partial charge in [0.15, 0.2) is 0 Å². The molecule has 0 aliphatic carbocycles. The van der Waals surface area contributed by atoms with Gasteiger partial charge in [0.2, 0.25) is 0 Å². The topological polar surface area (TPSA) is 96.0 Å². The molecule has 0 saturated heterocycles. The van der Waals surface area contributed by atoms with Gasteiger partial charge in [-0.15, -0.1) is 0 Å². The normalized spacial score (nSPS) is 10.9. The lowest BCUT2D eigenvalue weighted by Crippen LogP contribution is -2.15. The van der Waals surface area contributed by atoms with Crippen LogP contribution in [0.3, 0.4) is 0 Å². The Hall–Kier alpha value is -2.52. The van der Waals surface area contributed by atoms with Crippen LogP contribution in [0.25, 0.3) is 0 Å². The number of anilines is 2. The molecule has 3 N–H and O–H groups in total. The standard InChI is InChI=1S/C15H15N3O2S/c1-10-3-6-13(17)14(7-10)18-21(19,20)15-8-12(9-16)5-4-11(15)2/h3-8,18H,17H2,1-2H3. The monoisotopic (exact) mass is 301 g/mol. The van der Waals surface area contributed by atoms with Crippen molar-refractivity contribution in [2.45, 2.75) is 18.7 Å². The smallest absolute Gasteiger partial charge is 0.262 e. The summed E-state index contributed by atoms with van der Waals surface area (Å²) in [6.45, 7) is 3.52. The van der Waals surface area contributed by atoms with E-state index in [1.165, 1.54) is 6.07 Å². The van der Waals surface area contributed by atoms with Crippen molar-refractivity contribution in [1.29, 1.82) is 5.26 Å². The summed E-state index contributed by atoms with van der Waals surface area (Å²) in [7, 11) is -3.80. The Bertz CT molecular complexity index is 836. The quantitative estimate of drug-likeness (QED) is 0.851. The summed E-state index contributed by atoms with van der Waals surface area (Å²) in [6, 6.07) is 11.6. The molecule has 0 unspecified atom stereocenters. The minimum atomic E-state index is -3.80. The van der Waals surface area contributed by atoms with Crippen molar-refractivity contribution < 1.29 is 8.42 Å². The van der Waals surface area contributed by atoms with E-state index in [-0.39, 0.29) is 10.5 Å². The number of nitrogens with one attached hydrogen (secondary N) is 1. The second-order valence-electron chi connectivity index (χ2n) is 4.79. The van der Waals surface area contributed by atoms with Crippen molar-refractivity contribution in [3.05, 3.63) is 53.1 Å². The van der Waals surface area contributed by atoms with E-state index in [0.29, 0.717) is 16.9 Å². The summed E-state index contributed by atoms with van der Waals surface area (Å²) >= 11 is 0. The lowest BCUT2D eigenvalue weighted by atomic mass is 10.2. The number of nitrogens with zero attached hydrogens (tertiary/aromatic N) is 1. The molecule has 0 bridgehead atoms. The van der Waals surface area contributed by atoms with E-state index < -0.39 is 10.0 Å². The molecule has 0 saturated carbocycles. The molecule has 0 aromatic heterocycles. The zero-order valence-electron chi connectivity index (χ0n) is 11.7. The molecular formula is C15H15N3O2S. The van der Waals surface area contributed by atoms with E-state index in [4.69, 9.17) is 11.0 Å². The maximum absolute atomic E-state index is 12.5. The van der Waals surface area contributed by atoms with Crippen molar-refractivity contribution in [2.75, 3.05) is 10.5 Å². The Morgan fingerprint density at radius 2 is 1.86 bits per heavy atom. The number of rotatable bonds is 3. The second kappa shape index (κ2) is 5.46. The van der Waals surface area contributed by atoms with Crippen LogP contribution < -0.4 is 10.5 Å². The van der Waals surface area contributed by atoms with Crippen LogP contribution >= 0.6 is 0 Å². The van der Waals surface area contributed by atoms with Crippen molar-refractivity contribution >= 4 is 21.4 Å². The summed E-state index contributed by atoms with van der Waals surface area (Å²) in [4.78, 5) is 0.0717. The number of hydrogen-bond acceptors (Lipinski definition) is 4. The molecule has 0 spiro atoms. The summed E-state index contributed by atoms with van der Waals surface area (Å²) in [5.41, 5.74) is 8.21. The van der Waals surface area contributed by atoms with Gasteiger partial charge in [-0.1, -0.05) is 12.1 Å². The first-order chi connectivity index (χ1) is 9.83. The molecule has 0 atom stereocenters. The van der Waals surface area contributed by atoms with Crippen LogP contribution in [-0.4, -0.2) is 8.42 Å². The third-order valence-corrected chi connectivity index (χ3v) is 4.57. The third-order valence-electron chi connectivity index (χ3n) is 3.06. The molecule has 5 nitrogen and oxygen atoms in total. The van der Waals surface area contributed by atoms with Crippen molar-refractivity contribution in [3.63, 3.8) is 0 Å². The van der Waals surface area contributed by atoms with Gasteiger partial charge in [-0.2, -0.15) is 5.26 Å². The first-order valence-corrected chi connectivity index (χ1v) is 7.71. The molecule has 0 radical (unpaired) electrons. The Morgan fingerprint density at radius 3 is 2.52 bits per heavy atom. The van der Waals surface area contributed by atoms with Crippen LogP contribution in [0.2, 0.25) is 0 Å². The molecule has 0 amide bonds. The van der Waals surface area contributed by atoms with Gasteiger partial charge in [-0.05, 0) is 49.2 Å². The average molecular weight is 301 g/mol. The Kier molecular flexibility index (Phi) is 3.87. The zero-order chi connectivity index (χ0) is 15.6. The molecule has 2 aromatic carbocycles. The van der Waals surface area contributed by atoms with Crippen molar-refractivity contribution in [1.82, 2.24) is 0 Å². The SMILES string of the molecule is Cc1ccc(N)c(NS(=O)(=O)c2cc(C#N)ccc2C)c1. The highest BCUT2D eigenvalue weighted by Crippen LogP contribution is 2.25. The van der Waals surface area contributed by atoms with E-state index in [9.17, 15) is 8.42 Å². The fourth-order valence-electron chi connectivity index (χ4n) is 1.92. The summed E-state index contributed by atoms with van der Waals surface area (Å²) in [5.74, 6) is 0. The van der Waals surface area contributed by atoms with Crippen LogP contribution in [0.1, 0.15) is 16.7 Å². The number of sulfonamides is 1. The van der Waals surface area contributed by atoms with Crippen molar-refractivity contribution in [2.24, 2.45) is 0 Å². The van der Waals surface area contributed by atoms with E-state index in [0.717, 1.165) is 5.56 Å². The highest BCUT2D eigenvalue weighted by Gasteiger charge is 2.18. The molecule has 2 rings (SSSR count). The van der Waals surface area contributed by atoms with Gasteiger partial charge in [-0.3, -0.25) is 4.72 Å². The number of hydrogen-bond donors (Lipinski definition) is 2. The number of benzene rings is 2. The van der Waals surface area contributed by atoms with Crippen LogP contribution in [-0.2, 0) is 10.0 Å². The Labute approximate surface area is 124 Å². The molecule has 21 heavy (non-hydrogen) atoms. The van der Waals surface area contributed by atoms with Crippen LogP contribution in [0, 0.1) is 25.2 Å². The summed E-state index contributed by atoms with van der Waals surface area (Å²) < 4.78 is 27.4. The average Bonchev–Trinajstić information content (AvgIpc) is 2.43. The molecule has 0 heterocycles. The minimum absolute atomic E-state index is 0.0717. The number of aryl methyl sites for hydroxylation is 2. The van der Waals surface area contributed by atoms with Crippen molar-refractivity contribution in [3.8, 4) is 6.07 Å². The predicted octanol–water partition coefficient (Wildman–Crippen LogP) is 2.56. The maximum Gasteiger partial charge on any atom is 0.262 e. The van der Waals surface area contributed by atoms with E-state index in [2.05, 4.69) is 4.72 Å². The van der Waals surface area contributed by atoms with Gasteiger partial charge in [0.05, 0.1) is 27.9 Å². The highest BCUT2D eigenvalue weighted by molar-refractivity contribution is 7.92. The molecule has 108 valence electrons. The molecule has 2 aromatic rings. The molecular weight excluding hydrogens is 286 g/mol. The van der Waals surface area contributed by atoms with Crippen LogP contribution in [0.5, 0.6) is 0 Å². The fraction of sp³-hybridized carbons (Fsp3) is 0.133. The summed E-state index contributed by atoms with van der Waals surface area (Å²) in [6.07, 6.45) is 0. The Morgan fingerprint density at radius 1 is 1.14 bits per heavy atom. The minimum Gasteiger partial charge on any atom is -0.397 e. The van der Waals surface area contributed by atoms with Gasteiger partial charge in [-0.25, -0.2) is 8.42 Å². The molecule has 0 aliphatic rings. The lowest BCUT2D eigenvalue weighted by Gasteiger charge is -2.13. The fourth-order valence-corrected chi connectivity index (χ4v) is 3.27. The first-order valence-electron chi connectivity index (χ1n) is 6.23. The zero-order valence-corrected chi connectivity index (χ0v) is 12.5. The van der Waals surface area contributed by atoms with Gasteiger partial charge < -0.3 is 5.73 Å². The Balaban J connectivity index is 2.48. The number of nitrogens with two attached hydrogens (primary N) is 1. The third kappa shape index (κ3) is 3.15. The highest BCUT2D eigenvalue weighted by atomic mass is 32.2. The van der Waals surface area contributed by atoms with E-state index in [1.807, 2.05) is 13.0 Å². The first kappa shape index (κ1) is 14.9. The van der Waals surface area contributed by atoms with Gasteiger partial charge in [0.25, 0.3) is 10.0 Å². The van der Waals surface area contributed by atoms with Gasteiger partial charge >= 0.3 is 0 Å². The number of nitrogen functional groups attached to an aromatic ring is 1. The van der Waals surface area contributed by atoms with Crippen LogP contribution in [0.4, 0.5) is 11.4 Å². The predicted molar refractivity (Wildman–Crippen MR) is 82.3 cm³/mol. The molecule has 6 heteroatoms. The largest absolute Gasteiger partial charge is 0.397 e. The summed E-state index contributed by atoms with van der Waals surface area (Å²) in [5, 5.41) is 8.90. The lowest BCUT2D eigenvalue weighted by molar-refractivity contribution is 0.600. The van der Waals surface area contributed by atoms with Gasteiger partial charge in [0.1, 0.15) is 0 Å².